The summed E-state index contributed by atoms with van der Waals surface area (Å²) in [6.45, 7) is 0. The van der Waals surface area contributed by atoms with Crippen molar-refractivity contribution < 1.29 is 23.9 Å². The van der Waals surface area contributed by atoms with Gasteiger partial charge in [-0.15, -0.1) is 0 Å². The van der Waals surface area contributed by atoms with Gasteiger partial charge in [-0.05, 0) is 12.8 Å². The highest BCUT2D eigenvalue weighted by molar-refractivity contribution is 5.96. The van der Waals surface area contributed by atoms with Crippen LogP contribution in [0.15, 0.2) is 0 Å². The molecule has 0 N–H and O–H groups in total. The van der Waals surface area contributed by atoms with Crippen LogP contribution in [-0.2, 0) is 23.9 Å². The Bertz CT molecular complexity index is 530. The number of methoxy groups -OCH3 is 2. The monoisotopic (exact) mass is 292 g/mol. The summed E-state index contributed by atoms with van der Waals surface area (Å²) in [5.74, 6) is -5.12. The van der Waals surface area contributed by atoms with Crippen LogP contribution < -0.4 is 0 Å². The minimum Gasteiger partial charge on any atom is -0.468 e. The molecule has 0 spiro atoms. The Morgan fingerprint density at radius 1 is 1.29 bits per heavy atom. The van der Waals surface area contributed by atoms with Crippen molar-refractivity contribution in [2.45, 2.75) is 25.7 Å². The molecule has 3 atom stereocenters. The molecule has 1 fully saturated rings. The fourth-order valence-corrected chi connectivity index (χ4v) is 2.74. The first-order valence-corrected chi connectivity index (χ1v) is 6.49. The van der Waals surface area contributed by atoms with E-state index in [2.05, 4.69) is 9.47 Å². The quantitative estimate of drug-likeness (QED) is 0.701. The van der Waals surface area contributed by atoms with Crippen molar-refractivity contribution >= 4 is 17.7 Å². The van der Waals surface area contributed by atoms with E-state index in [4.69, 9.17) is 0 Å². The van der Waals surface area contributed by atoms with Gasteiger partial charge in [0.1, 0.15) is 5.78 Å². The van der Waals surface area contributed by atoms with E-state index >= 15 is 0 Å². The second-order valence-electron chi connectivity index (χ2n) is 4.82. The molecular formula is C14H16N2O5. The maximum absolute atomic E-state index is 12.2. The lowest BCUT2D eigenvalue weighted by atomic mass is 9.62. The Kier molecular flexibility index (Phi) is 5.43. The number of Topliss-reactive ketones (excluding diaryl/α,β-unsaturated/α-hetero) is 1. The highest BCUT2D eigenvalue weighted by Crippen LogP contribution is 2.43. The first-order valence-electron chi connectivity index (χ1n) is 6.49. The van der Waals surface area contributed by atoms with E-state index in [0.717, 1.165) is 14.2 Å². The van der Waals surface area contributed by atoms with Gasteiger partial charge >= 0.3 is 11.9 Å². The van der Waals surface area contributed by atoms with Crippen molar-refractivity contribution in [2.75, 3.05) is 14.2 Å². The van der Waals surface area contributed by atoms with Gasteiger partial charge in [-0.2, -0.15) is 10.5 Å². The van der Waals surface area contributed by atoms with Crippen molar-refractivity contribution in [3.05, 3.63) is 0 Å². The molecule has 1 aliphatic rings. The summed E-state index contributed by atoms with van der Waals surface area (Å²) in [5, 5.41) is 18.8. The Balaban J connectivity index is 3.45. The third-order valence-corrected chi connectivity index (χ3v) is 3.83. The smallest absolute Gasteiger partial charge is 0.328 e. The summed E-state index contributed by atoms with van der Waals surface area (Å²) < 4.78 is 9.11. The van der Waals surface area contributed by atoms with Crippen molar-refractivity contribution in [3.8, 4) is 12.1 Å². The predicted molar refractivity (Wildman–Crippen MR) is 68.1 cm³/mol. The van der Waals surface area contributed by atoms with Gasteiger partial charge in [0.25, 0.3) is 0 Å². The highest BCUT2D eigenvalue weighted by atomic mass is 16.5. The molecule has 0 aliphatic heterocycles. The van der Waals surface area contributed by atoms with Crippen LogP contribution in [-0.4, -0.2) is 31.9 Å². The number of carbonyl (C=O) groups excluding carboxylic acids is 3. The number of hydrogen-bond donors (Lipinski definition) is 0. The topological polar surface area (TPSA) is 117 Å². The van der Waals surface area contributed by atoms with E-state index < -0.39 is 29.2 Å². The van der Waals surface area contributed by atoms with Gasteiger partial charge in [0.2, 0.25) is 0 Å². The number of carbonyl (C=O) groups is 3. The summed E-state index contributed by atoms with van der Waals surface area (Å²) in [5.41, 5.74) is -2.16. The summed E-state index contributed by atoms with van der Waals surface area (Å²) in [6, 6.07) is 3.34. The summed E-state index contributed by atoms with van der Waals surface area (Å²) >= 11 is 0. The third-order valence-electron chi connectivity index (χ3n) is 3.83. The lowest BCUT2D eigenvalue weighted by Gasteiger charge is -2.35. The third kappa shape index (κ3) is 2.73. The molecule has 21 heavy (non-hydrogen) atoms. The molecule has 1 rings (SSSR count). The molecule has 0 aromatic carbocycles. The number of nitrogens with zero attached hydrogens (tertiary/aromatic N) is 2. The molecule has 0 radical (unpaired) electrons. The van der Waals surface area contributed by atoms with Crippen LogP contribution in [0.3, 0.4) is 0 Å². The molecule has 0 aromatic heterocycles. The lowest BCUT2D eigenvalue weighted by molar-refractivity contribution is -0.165. The summed E-state index contributed by atoms with van der Waals surface area (Å²) in [7, 11) is 2.10. The average molecular weight is 292 g/mol. The number of hydrogen-bond acceptors (Lipinski definition) is 7. The minimum atomic E-state index is -2.16. The number of ether oxygens (including phenoxy) is 2. The van der Waals surface area contributed by atoms with Crippen LogP contribution in [0.1, 0.15) is 25.7 Å². The van der Waals surface area contributed by atoms with Gasteiger partial charge < -0.3 is 9.47 Å². The van der Waals surface area contributed by atoms with Crippen LogP contribution in [0.2, 0.25) is 0 Å². The Hall–Kier alpha value is -2.41. The molecule has 0 bridgehead atoms. The largest absolute Gasteiger partial charge is 0.468 e. The molecule has 0 saturated heterocycles. The molecule has 0 unspecified atom stereocenters. The fraction of sp³-hybridized carbons (Fsp3) is 0.643. The predicted octanol–water partition coefficient (Wildman–Crippen LogP) is 0.741. The van der Waals surface area contributed by atoms with Gasteiger partial charge in [0, 0.05) is 12.3 Å². The SMILES string of the molecule is COC(=O)[C@@H](C#N)[C@@](C#N)(C(=O)OC)[C@@H]1CCCCC1=O. The second kappa shape index (κ2) is 6.85. The highest BCUT2D eigenvalue weighted by Gasteiger charge is 2.59. The Morgan fingerprint density at radius 2 is 1.95 bits per heavy atom. The van der Waals surface area contributed by atoms with E-state index in [0.29, 0.717) is 12.8 Å². The number of nitriles is 2. The molecule has 7 nitrogen and oxygen atoms in total. The van der Waals surface area contributed by atoms with Crippen LogP contribution in [0.4, 0.5) is 0 Å². The first kappa shape index (κ1) is 16.6. The van der Waals surface area contributed by atoms with E-state index in [-0.39, 0.29) is 18.6 Å². The van der Waals surface area contributed by atoms with E-state index in [9.17, 15) is 24.9 Å². The van der Waals surface area contributed by atoms with Crippen LogP contribution in [0.25, 0.3) is 0 Å². The van der Waals surface area contributed by atoms with Gasteiger partial charge in [0.05, 0.1) is 26.4 Å². The molecular weight excluding hydrogens is 276 g/mol. The molecule has 0 aromatic rings. The molecule has 0 heterocycles. The van der Waals surface area contributed by atoms with E-state index in [1.54, 1.807) is 12.1 Å². The van der Waals surface area contributed by atoms with Gasteiger partial charge in [0.15, 0.2) is 11.3 Å². The maximum Gasteiger partial charge on any atom is 0.328 e. The zero-order chi connectivity index (χ0) is 16.0. The number of ketones is 1. The maximum atomic E-state index is 12.2. The minimum absolute atomic E-state index is 0.213. The van der Waals surface area contributed by atoms with Crippen molar-refractivity contribution in [1.29, 1.82) is 10.5 Å². The average Bonchev–Trinajstić information content (AvgIpc) is 2.52. The number of esters is 2. The molecule has 7 heteroatoms. The second-order valence-corrected chi connectivity index (χ2v) is 4.82. The fourth-order valence-electron chi connectivity index (χ4n) is 2.74. The molecule has 112 valence electrons. The van der Waals surface area contributed by atoms with Crippen LogP contribution >= 0.6 is 0 Å². The molecule has 0 amide bonds. The van der Waals surface area contributed by atoms with Gasteiger partial charge in [-0.3, -0.25) is 14.4 Å². The van der Waals surface area contributed by atoms with Crippen molar-refractivity contribution in [3.63, 3.8) is 0 Å². The van der Waals surface area contributed by atoms with E-state index in [1.165, 1.54) is 0 Å². The zero-order valence-electron chi connectivity index (χ0n) is 11.9. The van der Waals surface area contributed by atoms with E-state index in [1.807, 2.05) is 0 Å². The zero-order valence-corrected chi connectivity index (χ0v) is 11.9. The van der Waals surface area contributed by atoms with Crippen LogP contribution in [0, 0.1) is 39.9 Å². The van der Waals surface area contributed by atoms with Gasteiger partial charge in [-0.25, -0.2) is 0 Å². The van der Waals surface area contributed by atoms with Crippen LogP contribution in [0.5, 0.6) is 0 Å². The Labute approximate surface area is 122 Å². The molecule has 1 aliphatic carbocycles. The van der Waals surface area contributed by atoms with Crippen molar-refractivity contribution in [1.82, 2.24) is 0 Å². The van der Waals surface area contributed by atoms with Gasteiger partial charge in [-0.1, -0.05) is 6.42 Å². The standard InChI is InChI=1S/C14H16N2O5/c1-20-12(18)10(7-15)14(8-16,13(19)21-2)9-5-3-4-6-11(9)17/h9-10H,3-6H2,1-2H3/t9-,10-,14+/m1/s1. The first-order chi connectivity index (χ1) is 9.99. The normalized spacial score (nSPS) is 22.1. The van der Waals surface area contributed by atoms with Crippen molar-refractivity contribution in [2.24, 2.45) is 17.3 Å². The molecule has 1 saturated carbocycles. The Morgan fingerprint density at radius 3 is 2.38 bits per heavy atom. The lowest BCUT2D eigenvalue weighted by Crippen LogP contribution is -2.51. The summed E-state index contributed by atoms with van der Waals surface area (Å²) in [4.78, 5) is 36.1. The summed E-state index contributed by atoms with van der Waals surface area (Å²) in [6.07, 6.45) is 1.77. The number of rotatable bonds is 4.